The summed E-state index contributed by atoms with van der Waals surface area (Å²) in [6, 6.07) is 0.270. The molecule has 1 amide bonds. The minimum Gasteiger partial charge on any atom is -0.357 e. The highest BCUT2D eigenvalue weighted by atomic mass is 127. The fraction of sp³-hybridized carbons (Fsp3) is 0.778. The lowest BCUT2D eigenvalue weighted by Gasteiger charge is -2.30. The zero-order valence-electron chi connectivity index (χ0n) is 16.6. The molecule has 2 N–H and O–H groups in total. The first-order chi connectivity index (χ1) is 12.5. The van der Waals surface area contributed by atoms with Crippen molar-refractivity contribution in [3.05, 3.63) is 12.2 Å². The van der Waals surface area contributed by atoms with Gasteiger partial charge in [-0.2, -0.15) is 5.10 Å². The van der Waals surface area contributed by atoms with Gasteiger partial charge < -0.3 is 15.5 Å². The second kappa shape index (κ2) is 9.70. The molecule has 2 heterocycles. The number of hydrogen-bond acceptors (Lipinski definition) is 4. The van der Waals surface area contributed by atoms with Crippen molar-refractivity contribution in [1.82, 2.24) is 30.3 Å². The molecule has 1 fully saturated rings. The zero-order valence-corrected chi connectivity index (χ0v) is 18.9. The van der Waals surface area contributed by atoms with Gasteiger partial charge >= 0.3 is 0 Å². The number of rotatable bonds is 5. The molecule has 1 aliphatic heterocycles. The van der Waals surface area contributed by atoms with Gasteiger partial charge in [0.1, 0.15) is 12.2 Å². The minimum atomic E-state index is -0.336. The van der Waals surface area contributed by atoms with Crippen molar-refractivity contribution in [2.45, 2.75) is 58.0 Å². The molecule has 0 aromatic carbocycles. The van der Waals surface area contributed by atoms with E-state index in [4.69, 9.17) is 4.99 Å². The Bertz CT molecular complexity index is 652. The second-order valence-corrected chi connectivity index (χ2v) is 7.62. The lowest BCUT2D eigenvalue weighted by molar-refractivity contribution is -0.138. The number of aliphatic imine (C=N–C) groups is 1. The lowest BCUT2D eigenvalue weighted by Crippen LogP contribution is -2.48. The molecule has 1 aliphatic carbocycles. The molecular weight excluding hydrogens is 457 g/mol. The topological polar surface area (TPSA) is 87.4 Å². The van der Waals surface area contributed by atoms with E-state index in [2.05, 4.69) is 27.6 Å². The number of halogens is 1. The van der Waals surface area contributed by atoms with Crippen molar-refractivity contribution in [2.24, 2.45) is 10.4 Å². The maximum atomic E-state index is 12.7. The van der Waals surface area contributed by atoms with E-state index in [0.717, 1.165) is 63.4 Å². The van der Waals surface area contributed by atoms with E-state index in [9.17, 15) is 4.79 Å². The summed E-state index contributed by atoms with van der Waals surface area (Å²) in [6.45, 7) is 4.19. The van der Waals surface area contributed by atoms with Gasteiger partial charge in [-0.25, -0.2) is 9.67 Å². The number of guanidine groups is 1. The summed E-state index contributed by atoms with van der Waals surface area (Å²) in [5.74, 6) is 2.05. The maximum absolute atomic E-state index is 12.7. The van der Waals surface area contributed by atoms with Crippen LogP contribution in [0.4, 0.5) is 0 Å². The first kappa shape index (κ1) is 21.9. The highest BCUT2D eigenvalue weighted by Gasteiger charge is 2.42. The van der Waals surface area contributed by atoms with Crippen molar-refractivity contribution in [3.63, 3.8) is 0 Å². The molecule has 0 bridgehead atoms. The summed E-state index contributed by atoms with van der Waals surface area (Å²) >= 11 is 0. The van der Waals surface area contributed by atoms with Gasteiger partial charge in [0.05, 0.1) is 18.5 Å². The normalized spacial score (nSPS) is 21.1. The number of aryl methyl sites for hydroxylation is 1. The lowest BCUT2D eigenvalue weighted by atomic mass is 9.85. The third-order valence-electron chi connectivity index (χ3n) is 5.45. The molecule has 27 heavy (non-hydrogen) atoms. The first-order valence-corrected chi connectivity index (χ1v) is 9.67. The van der Waals surface area contributed by atoms with Gasteiger partial charge in [-0.1, -0.05) is 12.8 Å². The number of nitrogens with zero attached hydrogens (tertiary/aromatic N) is 5. The number of carbonyl (C=O) groups is 1. The number of amides is 1. The van der Waals surface area contributed by atoms with Gasteiger partial charge in [0, 0.05) is 33.1 Å². The summed E-state index contributed by atoms with van der Waals surface area (Å²) in [4.78, 5) is 23.5. The van der Waals surface area contributed by atoms with Crippen molar-refractivity contribution in [3.8, 4) is 0 Å². The highest BCUT2D eigenvalue weighted by molar-refractivity contribution is 14.0. The highest BCUT2D eigenvalue weighted by Crippen LogP contribution is 2.39. The van der Waals surface area contributed by atoms with Gasteiger partial charge in [-0.05, 0) is 26.2 Å². The Kier molecular flexibility index (Phi) is 7.87. The van der Waals surface area contributed by atoms with E-state index >= 15 is 0 Å². The summed E-state index contributed by atoms with van der Waals surface area (Å²) in [7, 11) is 3.68. The number of carbonyl (C=O) groups excluding carboxylic acids is 1. The molecule has 0 saturated heterocycles. The summed E-state index contributed by atoms with van der Waals surface area (Å²) in [5.41, 5.74) is -0.336. The fourth-order valence-corrected chi connectivity index (χ4v) is 4.06. The SMILES string of the molecule is CCNC(=NCC1(C(=O)N(C)C)CCCC1)NC1CCc2ncnn2C1.I. The number of fused-ring (bicyclic) bond motifs is 1. The summed E-state index contributed by atoms with van der Waals surface area (Å²) in [5, 5.41) is 11.1. The van der Waals surface area contributed by atoms with Gasteiger partial charge in [0.25, 0.3) is 0 Å². The molecular formula is C18H32IN7O. The predicted octanol–water partition coefficient (Wildman–Crippen LogP) is 1.41. The van der Waals surface area contributed by atoms with E-state index in [-0.39, 0.29) is 41.3 Å². The molecule has 9 heteroatoms. The van der Waals surface area contributed by atoms with Crippen LogP contribution in [0.3, 0.4) is 0 Å². The molecule has 1 aromatic rings. The second-order valence-electron chi connectivity index (χ2n) is 7.62. The van der Waals surface area contributed by atoms with Gasteiger partial charge in [-0.15, -0.1) is 24.0 Å². The molecule has 0 spiro atoms. The molecule has 1 atom stereocenters. The van der Waals surface area contributed by atoms with Gasteiger partial charge in [0.2, 0.25) is 5.91 Å². The third-order valence-corrected chi connectivity index (χ3v) is 5.45. The molecule has 3 rings (SSSR count). The molecule has 1 saturated carbocycles. The molecule has 1 unspecified atom stereocenters. The Morgan fingerprint density at radius 1 is 1.41 bits per heavy atom. The van der Waals surface area contributed by atoms with E-state index in [1.54, 1.807) is 11.2 Å². The molecule has 8 nitrogen and oxygen atoms in total. The fourth-order valence-electron chi connectivity index (χ4n) is 4.06. The molecule has 2 aliphatic rings. The molecule has 0 radical (unpaired) electrons. The smallest absolute Gasteiger partial charge is 0.230 e. The molecule has 152 valence electrons. The van der Waals surface area contributed by atoms with Crippen molar-refractivity contribution < 1.29 is 4.79 Å². The van der Waals surface area contributed by atoms with Crippen molar-refractivity contribution >= 4 is 35.8 Å². The van der Waals surface area contributed by atoms with Crippen LogP contribution in [-0.4, -0.2) is 64.8 Å². The summed E-state index contributed by atoms with van der Waals surface area (Å²) < 4.78 is 1.96. The zero-order chi connectivity index (χ0) is 18.6. The molecule has 1 aromatic heterocycles. The standard InChI is InChI=1S/C18H31N7O.HI/c1-4-19-17(23-14-7-8-15-21-13-22-25(15)11-14)20-12-18(9-5-6-10-18)16(26)24(2)3;/h13-14H,4-12H2,1-3H3,(H2,19,20,23);1H. The first-order valence-electron chi connectivity index (χ1n) is 9.67. The van der Waals surface area contributed by atoms with Crippen LogP contribution in [-0.2, 0) is 17.8 Å². The average molecular weight is 489 g/mol. The Hall–Kier alpha value is -1.39. The number of hydrogen-bond donors (Lipinski definition) is 2. The minimum absolute atomic E-state index is 0. The van der Waals surface area contributed by atoms with E-state index in [1.807, 2.05) is 18.8 Å². The van der Waals surface area contributed by atoms with Crippen LogP contribution in [0.5, 0.6) is 0 Å². The van der Waals surface area contributed by atoms with E-state index in [0.29, 0.717) is 6.54 Å². The van der Waals surface area contributed by atoms with E-state index in [1.165, 1.54) is 0 Å². The number of nitrogens with one attached hydrogen (secondary N) is 2. The Morgan fingerprint density at radius 2 is 2.15 bits per heavy atom. The van der Waals surface area contributed by atoms with Crippen LogP contribution in [0.1, 0.15) is 44.9 Å². The third kappa shape index (κ3) is 5.11. The van der Waals surface area contributed by atoms with Crippen LogP contribution in [0.2, 0.25) is 0 Å². The van der Waals surface area contributed by atoms with Crippen molar-refractivity contribution in [2.75, 3.05) is 27.2 Å². The Balaban J connectivity index is 0.00000261. The quantitative estimate of drug-likeness (QED) is 0.371. The van der Waals surface area contributed by atoms with Crippen LogP contribution >= 0.6 is 24.0 Å². The van der Waals surface area contributed by atoms with Crippen LogP contribution in [0.15, 0.2) is 11.3 Å². The van der Waals surface area contributed by atoms with Gasteiger partial charge in [-0.3, -0.25) is 9.79 Å². The maximum Gasteiger partial charge on any atom is 0.230 e. The van der Waals surface area contributed by atoms with E-state index < -0.39 is 0 Å². The van der Waals surface area contributed by atoms with Crippen LogP contribution in [0, 0.1) is 5.41 Å². The monoisotopic (exact) mass is 489 g/mol. The number of aromatic nitrogens is 3. The van der Waals surface area contributed by atoms with Crippen LogP contribution in [0.25, 0.3) is 0 Å². The van der Waals surface area contributed by atoms with Crippen LogP contribution < -0.4 is 10.6 Å². The largest absolute Gasteiger partial charge is 0.357 e. The average Bonchev–Trinajstić information content (AvgIpc) is 3.28. The van der Waals surface area contributed by atoms with Gasteiger partial charge in [0.15, 0.2) is 5.96 Å². The predicted molar refractivity (Wildman–Crippen MR) is 116 cm³/mol. The van der Waals surface area contributed by atoms with Crippen molar-refractivity contribution in [1.29, 1.82) is 0 Å². The Morgan fingerprint density at radius 3 is 2.81 bits per heavy atom. The Labute approximate surface area is 178 Å². The summed E-state index contributed by atoms with van der Waals surface area (Å²) in [6.07, 6.45) is 7.61.